The van der Waals surface area contributed by atoms with E-state index in [-0.39, 0.29) is 6.54 Å². The molecule has 7 heteroatoms. The first-order chi connectivity index (χ1) is 6.88. The van der Waals surface area contributed by atoms with Crippen LogP contribution >= 0.6 is 15.9 Å². The van der Waals surface area contributed by atoms with Gasteiger partial charge in [0.2, 0.25) is 0 Å². The molecule has 0 fully saturated rings. The topological polar surface area (TPSA) is 29.0 Å². The normalized spacial score (nSPS) is 11.5. The molecule has 0 aliphatic rings. The summed E-state index contributed by atoms with van der Waals surface area (Å²) in [7, 11) is 1.56. The van der Waals surface area contributed by atoms with Gasteiger partial charge in [0.05, 0.1) is 6.42 Å². The van der Waals surface area contributed by atoms with Gasteiger partial charge in [-0.15, -0.1) is 0 Å². The number of hydrogen-bond donors (Lipinski definition) is 0. The smallest absolute Gasteiger partial charge is 0.359 e. The van der Waals surface area contributed by atoms with Crippen LogP contribution in [0, 0.1) is 0 Å². The summed E-state index contributed by atoms with van der Waals surface area (Å²) >= 11 is 3.12. The maximum absolute atomic E-state index is 11.9. The van der Waals surface area contributed by atoms with Crippen molar-refractivity contribution in [3.8, 4) is 0 Å². The van der Waals surface area contributed by atoms with Crippen molar-refractivity contribution in [3.63, 3.8) is 0 Å². The van der Waals surface area contributed by atoms with Gasteiger partial charge >= 0.3 is 6.18 Å². The molecule has 0 unspecified atom stereocenters. The maximum atomic E-state index is 11.9. The van der Waals surface area contributed by atoms with Crippen molar-refractivity contribution in [2.24, 2.45) is 0 Å². The Morgan fingerprint density at radius 2 is 2.07 bits per heavy atom. The maximum Gasteiger partial charge on any atom is 0.390 e. The zero-order chi connectivity index (χ0) is 11.5. The van der Waals surface area contributed by atoms with Crippen LogP contribution < -0.4 is 4.90 Å². The summed E-state index contributed by atoms with van der Waals surface area (Å²) in [6.07, 6.45) is -3.70. The minimum absolute atomic E-state index is 0.118. The van der Waals surface area contributed by atoms with Crippen LogP contribution in [0.5, 0.6) is 0 Å². The highest BCUT2D eigenvalue weighted by molar-refractivity contribution is 9.10. The van der Waals surface area contributed by atoms with Gasteiger partial charge in [-0.2, -0.15) is 13.2 Å². The zero-order valence-corrected chi connectivity index (χ0v) is 9.51. The Labute approximate surface area is 93.5 Å². The van der Waals surface area contributed by atoms with Crippen molar-refractivity contribution in [3.05, 3.63) is 17.0 Å². The minimum Gasteiger partial charge on any atom is -0.359 e. The summed E-state index contributed by atoms with van der Waals surface area (Å²) < 4.78 is 36.4. The van der Waals surface area contributed by atoms with Gasteiger partial charge in [-0.05, 0) is 15.9 Å². The molecule has 1 rings (SSSR count). The van der Waals surface area contributed by atoms with Crippen LogP contribution in [0.25, 0.3) is 0 Å². The number of aromatic nitrogens is 2. The molecule has 0 amide bonds. The van der Waals surface area contributed by atoms with Gasteiger partial charge in [0.1, 0.15) is 16.7 Å². The molecule has 1 aromatic heterocycles. The highest BCUT2D eigenvalue weighted by Gasteiger charge is 2.27. The quantitative estimate of drug-likeness (QED) is 0.799. The highest BCUT2D eigenvalue weighted by Crippen LogP contribution is 2.21. The molecule has 84 valence electrons. The summed E-state index contributed by atoms with van der Waals surface area (Å²) in [4.78, 5) is 9.08. The Morgan fingerprint density at radius 1 is 1.40 bits per heavy atom. The van der Waals surface area contributed by atoms with Crippen molar-refractivity contribution in [1.82, 2.24) is 9.97 Å². The third-order valence-electron chi connectivity index (χ3n) is 1.74. The third kappa shape index (κ3) is 4.46. The second-order valence-corrected chi connectivity index (χ2v) is 3.80. The van der Waals surface area contributed by atoms with E-state index in [1.165, 1.54) is 11.2 Å². The molecule has 1 aromatic rings. The molecule has 0 aliphatic heterocycles. The Hall–Kier alpha value is -0.850. The van der Waals surface area contributed by atoms with Gasteiger partial charge in [0, 0.05) is 19.7 Å². The number of rotatable bonds is 3. The van der Waals surface area contributed by atoms with Gasteiger partial charge < -0.3 is 4.90 Å². The monoisotopic (exact) mass is 283 g/mol. The molecule has 3 nitrogen and oxygen atoms in total. The number of anilines is 1. The largest absolute Gasteiger partial charge is 0.390 e. The SMILES string of the molecule is CN(CCC(F)(F)F)c1cc(Br)ncn1. The Morgan fingerprint density at radius 3 is 2.60 bits per heavy atom. The first-order valence-electron chi connectivity index (χ1n) is 4.14. The lowest BCUT2D eigenvalue weighted by Crippen LogP contribution is -2.24. The van der Waals surface area contributed by atoms with Crippen LogP contribution in [0.1, 0.15) is 6.42 Å². The molecule has 1 heterocycles. The average Bonchev–Trinajstić information content (AvgIpc) is 2.13. The van der Waals surface area contributed by atoms with E-state index in [0.717, 1.165) is 0 Å². The van der Waals surface area contributed by atoms with E-state index in [1.54, 1.807) is 13.1 Å². The standard InChI is InChI=1S/C8H9BrF3N3/c1-15(3-2-8(10,11)12)7-4-6(9)13-5-14-7/h4-5H,2-3H2,1H3. The fourth-order valence-corrected chi connectivity index (χ4v) is 1.24. The van der Waals surface area contributed by atoms with Crippen LogP contribution in [0.2, 0.25) is 0 Å². The molecule has 0 bridgehead atoms. The molecule has 0 radical (unpaired) electrons. The zero-order valence-electron chi connectivity index (χ0n) is 7.92. The molecule has 0 atom stereocenters. The van der Waals surface area contributed by atoms with Crippen LogP contribution in [-0.2, 0) is 0 Å². The molecular weight excluding hydrogens is 275 g/mol. The summed E-state index contributed by atoms with van der Waals surface area (Å²) in [6.45, 7) is -0.118. The molecule has 15 heavy (non-hydrogen) atoms. The molecule has 0 spiro atoms. The molecule has 0 aromatic carbocycles. The van der Waals surface area contributed by atoms with Crippen molar-refractivity contribution in [2.45, 2.75) is 12.6 Å². The van der Waals surface area contributed by atoms with Crippen molar-refractivity contribution < 1.29 is 13.2 Å². The van der Waals surface area contributed by atoms with Gasteiger partial charge in [-0.3, -0.25) is 0 Å². The number of halogens is 4. The van der Waals surface area contributed by atoms with E-state index < -0.39 is 12.6 Å². The fraction of sp³-hybridized carbons (Fsp3) is 0.500. The lowest BCUT2D eigenvalue weighted by Gasteiger charge is -2.18. The van der Waals surface area contributed by atoms with Gasteiger partial charge in [0.25, 0.3) is 0 Å². The molecule has 0 N–H and O–H groups in total. The lowest BCUT2D eigenvalue weighted by atomic mass is 10.4. The van der Waals surface area contributed by atoms with Crippen molar-refractivity contribution >= 4 is 21.7 Å². The predicted molar refractivity (Wildman–Crippen MR) is 53.7 cm³/mol. The van der Waals surface area contributed by atoms with E-state index in [9.17, 15) is 13.2 Å². The van der Waals surface area contributed by atoms with Crippen LogP contribution in [0.15, 0.2) is 17.0 Å². The molecular formula is C8H9BrF3N3. The summed E-state index contributed by atoms with van der Waals surface area (Å²) in [5, 5.41) is 0. The molecule has 0 saturated carbocycles. The lowest BCUT2D eigenvalue weighted by molar-refractivity contribution is -0.132. The van der Waals surface area contributed by atoms with E-state index in [0.29, 0.717) is 10.4 Å². The van der Waals surface area contributed by atoms with E-state index >= 15 is 0 Å². The van der Waals surface area contributed by atoms with Gasteiger partial charge in [0.15, 0.2) is 0 Å². The first-order valence-corrected chi connectivity index (χ1v) is 4.93. The highest BCUT2D eigenvalue weighted by atomic mass is 79.9. The number of hydrogen-bond acceptors (Lipinski definition) is 3. The van der Waals surface area contributed by atoms with Crippen LogP contribution in [-0.4, -0.2) is 29.7 Å². The minimum atomic E-state index is -4.14. The Bertz CT molecular complexity index is 329. The molecule has 0 saturated heterocycles. The van der Waals surface area contributed by atoms with E-state index in [4.69, 9.17) is 0 Å². The van der Waals surface area contributed by atoms with Gasteiger partial charge in [-0.25, -0.2) is 9.97 Å². The third-order valence-corrected chi connectivity index (χ3v) is 2.17. The molecule has 0 aliphatic carbocycles. The average molecular weight is 284 g/mol. The summed E-state index contributed by atoms with van der Waals surface area (Å²) in [6, 6.07) is 1.57. The van der Waals surface area contributed by atoms with Gasteiger partial charge in [-0.1, -0.05) is 0 Å². The second-order valence-electron chi connectivity index (χ2n) is 2.99. The first kappa shape index (κ1) is 12.2. The number of nitrogens with zero attached hydrogens (tertiary/aromatic N) is 3. The Balaban J connectivity index is 2.58. The summed E-state index contributed by atoms with van der Waals surface area (Å²) in [5.74, 6) is 0.459. The van der Waals surface area contributed by atoms with Crippen molar-refractivity contribution in [2.75, 3.05) is 18.5 Å². The van der Waals surface area contributed by atoms with Crippen LogP contribution in [0.4, 0.5) is 19.0 Å². The van der Waals surface area contributed by atoms with Crippen molar-refractivity contribution in [1.29, 1.82) is 0 Å². The fourth-order valence-electron chi connectivity index (χ4n) is 0.942. The number of alkyl halides is 3. The van der Waals surface area contributed by atoms with E-state index in [2.05, 4.69) is 25.9 Å². The van der Waals surface area contributed by atoms with E-state index in [1.807, 2.05) is 0 Å². The summed E-state index contributed by atoms with van der Waals surface area (Å²) in [5.41, 5.74) is 0. The van der Waals surface area contributed by atoms with Crippen LogP contribution in [0.3, 0.4) is 0 Å². The Kier molecular flexibility index (Phi) is 3.90. The second kappa shape index (κ2) is 4.78. The predicted octanol–water partition coefficient (Wildman–Crippen LogP) is 2.63.